The number of nitrogens with zero attached hydrogens (tertiary/aromatic N) is 2. The third-order valence-corrected chi connectivity index (χ3v) is 4.47. The van der Waals surface area contributed by atoms with Gasteiger partial charge in [0.1, 0.15) is 11.6 Å². The molecule has 0 atom stereocenters. The van der Waals surface area contributed by atoms with Gasteiger partial charge in [-0.2, -0.15) is 4.98 Å². The van der Waals surface area contributed by atoms with Crippen LogP contribution in [0.5, 0.6) is 11.6 Å². The molecule has 0 aliphatic rings. The highest BCUT2D eigenvalue weighted by Gasteiger charge is 2.10. The predicted octanol–water partition coefficient (Wildman–Crippen LogP) is 5.98. The highest BCUT2D eigenvalue weighted by molar-refractivity contribution is 6.31. The van der Waals surface area contributed by atoms with Gasteiger partial charge in [-0.05, 0) is 42.5 Å². The highest BCUT2D eigenvalue weighted by Crippen LogP contribution is 2.23. The lowest BCUT2D eigenvalue weighted by Crippen LogP contribution is -2.11. The van der Waals surface area contributed by atoms with Crippen molar-refractivity contribution >= 4 is 23.2 Å². The van der Waals surface area contributed by atoms with E-state index in [1.807, 2.05) is 30.3 Å². The van der Waals surface area contributed by atoms with E-state index < -0.39 is 5.82 Å². The molecule has 0 saturated heterocycles. The van der Waals surface area contributed by atoms with Gasteiger partial charge in [0.05, 0.1) is 5.02 Å². The molecule has 4 aromatic rings. The number of hydrogen-bond acceptors (Lipinski definition) is 4. The zero-order valence-corrected chi connectivity index (χ0v) is 16.3. The van der Waals surface area contributed by atoms with Crippen molar-refractivity contribution in [3.8, 4) is 23.0 Å². The van der Waals surface area contributed by atoms with Crippen LogP contribution in [-0.4, -0.2) is 15.9 Å². The van der Waals surface area contributed by atoms with Crippen LogP contribution in [0.15, 0.2) is 85.1 Å². The number of amides is 1. The SMILES string of the molecule is O=C(Nc1ccc(F)c(Cl)c1)c1ccc(-c2nccc(Oc3ccccc3)n2)cc1. The van der Waals surface area contributed by atoms with Crippen molar-refractivity contribution in [2.45, 2.75) is 0 Å². The van der Waals surface area contributed by atoms with E-state index in [0.717, 1.165) is 5.56 Å². The molecule has 0 bridgehead atoms. The average molecular weight is 420 g/mol. The molecule has 1 heterocycles. The third-order valence-electron chi connectivity index (χ3n) is 4.18. The van der Waals surface area contributed by atoms with E-state index >= 15 is 0 Å². The molecule has 1 aromatic heterocycles. The first kappa shape index (κ1) is 19.5. The molecule has 1 N–H and O–H groups in total. The topological polar surface area (TPSA) is 64.1 Å². The summed E-state index contributed by atoms with van der Waals surface area (Å²) in [6.07, 6.45) is 1.61. The van der Waals surface area contributed by atoms with E-state index in [4.69, 9.17) is 16.3 Å². The molecule has 0 spiro atoms. The number of benzene rings is 3. The minimum absolute atomic E-state index is 0.0575. The van der Waals surface area contributed by atoms with Crippen LogP contribution in [0.25, 0.3) is 11.4 Å². The van der Waals surface area contributed by atoms with E-state index in [1.54, 1.807) is 36.5 Å². The number of carbonyl (C=O) groups excluding carboxylic acids is 1. The number of hydrogen-bond donors (Lipinski definition) is 1. The summed E-state index contributed by atoms with van der Waals surface area (Å²) >= 11 is 5.75. The summed E-state index contributed by atoms with van der Waals surface area (Å²) < 4.78 is 19.0. The summed E-state index contributed by atoms with van der Waals surface area (Å²) in [6, 6.07) is 21.8. The maximum Gasteiger partial charge on any atom is 0.255 e. The Kier molecular flexibility index (Phi) is 5.68. The maximum absolute atomic E-state index is 13.2. The molecule has 148 valence electrons. The van der Waals surface area contributed by atoms with Gasteiger partial charge in [-0.3, -0.25) is 4.79 Å². The average Bonchev–Trinajstić information content (AvgIpc) is 2.77. The van der Waals surface area contributed by atoms with Gasteiger partial charge in [-0.25, -0.2) is 9.37 Å². The first-order chi connectivity index (χ1) is 14.6. The van der Waals surface area contributed by atoms with E-state index in [9.17, 15) is 9.18 Å². The predicted molar refractivity (Wildman–Crippen MR) is 113 cm³/mol. The molecule has 0 unspecified atom stereocenters. The Bertz CT molecular complexity index is 1180. The van der Waals surface area contributed by atoms with Crippen LogP contribution in [0.1, 0.15) is 10.4 Å². The molecular formula is C23H15ClFN3O2. The number of carbonyl (C=O) groups is 1. The highest BCUT2D eigenvalue weighted by atomic mass is 35.5. The van der Waals surface area contributed by atoms with Gasteiger partial charge in [0.15, 0.2) is 5.82 Å². The maximum atomic E-state index is 13.2. The monoisotopic (exact) mass is 419 g/mol. The fraction of sp³-hybridized carbons (Fsp3) is 0. The van der Waals surface area contributed by atoms with E-state index in [2.05, 4.69) is 15.3 Å². The Balaban J connectivity index is 1.48. The fourth-order valence-corrected chi connectivity index (χ4v) is 2.88. The molecule has 0 radical (unpaired) electrons. The van der Waals surface area contributed by atoms with Crippen LogP contribution in [0.4, 0.5) is 10.1 Å². The standard InChI is InChI=1S/C23H15ClFN3O2/c24-19-14-17(10-11-20(19)25)27-23(29)16-8-6-15(7-9-16)22-26-13-12-21(28-22)30-18-4-2-1-3-5-18/h1-14H,(H,27,29). The summed E-state index contributed by atoms with van der Waals surface area (Å²) in [7, 11) is 0. The molecule has 0 saturated carbocycles. The van der Waals surface area contributed by atoms with Gasteiger partial charge in [0, 0.05) is 29.1 Å². The lowest BCUT2D eigenvalue weighted by molar-refractivity contribution is 0.102. The number of aromatic nitrogens is 2. The second-order valence-corrected chi connectivity index (χ2v) is 6.70. The zero-order chi connectivity index (χ0) is 20.9. The quantitative estimate of drug-likeness (QED) is 0.432. The Morgan fingerprint density at radius 2 is 1.73 bits per heavy atom. The summed E-state index contributed by atoms with van der Waals surface area (Å²) in [5.41, 5.74) is 1.57. The second-order valence-electron chi connectivity index (χ2n) is 6.29. The first-order valence-corrected chi connectivity index (χ1v) is 9.39. The number of anilines is 1. The van der Waals surface area contributed by atoms with Crippen LogP contribution >= 0.6 is 11.6 Å². The van der Waals surface area contributed by atoms with Gasteiger partial charge < -0.3 is 10.1 Å². The third kappa shape index (κ3) is 4.61. The van der Waals surface area contributed by atoms with Crippen LogP contribution in [0, 0.1) is 5.82 Å². The van der Waals surface area contributed by atoms with Gasteiger partial charge in [-0.1, -0.05) is 41.9 Å². The van der Waals surface area contributed by atoms with Crippen LogP contribution in [0.3, 0.4) is 0 Å². The van der Waals surface area contributed by atoms with Gasteiger partial charge >= 0.3 is 0 Å². The largest absolute Gasteiger partial charge is 0.439 e. The Morgan fingerprint density at radius 1 is 0.967 bits per heavy atom. The Hall–Kier alpha value is -3.77. The summed E-state index contributed by atoms with van der Waals surface area (Å²) in [5, 5.41) is 2.62. The van der Waals surface area contributed by atoms with Crippen LogP contribution in [0.2, 0.25) is 5.02 Å². The van der Waals surface area contributed by atoms with Crippen LogP contribution < -0.4 is 10.1 Å². The number of rotatable bonds is 5. The Morgan fingerprint density at radius 3 is 2.47 bits per heavy atom. The molecular weight excluding hydrogens is 405 g/mol. The van der Waals surface area contributed by atoms with Gasteiger partial charge in [0.25, 0.3) is 5.91 Å². The second kappa shape index (κ2) is 8.71. The van der Waals surface area contributed by atoms with E-state index in [1.165, 1.54) is 18.2 Å². The van der Waals surface area contributed by atoms with Crippen molar-refractivity contribution < 1.29 is 13.9 Å². The minimum Gasteiger partial charge on any atom is -0.439 e. The smallest absolute Gasteiger partial charge is 0.255 e. The number of para-hydroxylation sites is 1. The molecule has 0 aliphatic heterocycles. The van der Waals surface area contributed by atoms with Gasteiger partial charge in [0.2, 0.25) is 5.88 Å². The molecule has 4 rings (SSSR count). The number of ether oxygens (including phenoxy) is 1. The van der Waals surface area contributed by atoms with Crippen molar-refractivity contribution in [1.82, 2.24) is 9.97 Å². The molecule has 5 nitrogen and oxygen atoms in total. The number of nitrogens with one attached hydrogen (secondary N) is 1. The first-order valence-electron chi connectivity index (χ1n) is 9.01. The van der Waals surface area contributed by atoms with Crippen molar-refractivity contribution in [3.63, 3.8) is 0 Å². The van der Waals surface area contributed by atoms with Gasteiger partial charge in [-0.15, -0.1) is 0 Å². The van der Waals surface area contributed by atoms with E-state index in [-0.39, 0.29) is 10.9 Å². The summed E-state index contributed by atoms with van der Waals surface area (Å²) in [6.45, 7) is 0. The molecule has 0 fully saturated rings. The number of halogens is 2. The van der Waals surface area contributed by atoms with Crippen molar-refractivity contribution in [1.29, 1.82) is 0 Å². The lowest BCUT2D eigenvalue weighted by Gasteiger charge is -2.08. The lowest BCUT2D eigenvalue weighted by atomic mass is 10.1. The normalized spacial score (nSPS) is 10.5. The van der Waals surface area contributed by atoms with Crippen LogP contribution in [-0.2, 0) is 0 Å². The summed E-state index contributed by atoms with van der Waals surface area (Å²) in [5.74, 6) is 0.681. The molecule has 7 heteroatoms. The molecule has 1 amide bonds. The fourth-order valence-electron chi connectivity index (χ4n) is 2.70. The Labute approximate surface area is 177 Å². The zero-order valence-electron chi connectivity index (χ0n) is 15.5. The minimum atomic E-state index is -0.544. The van der Waals surface area contributed by atoms with E-state index in [0.29, 0.717) is 28.7 Å². The van der Waals surface area contributed by atoms with Crippen molar-refractivity contribution in [3.05, 3.63) is 101 Å². The molecule has 30 heavy (non-hydrogen) atoms. The van der Waals surface area contributed by atoms with Crippen molar-refractivity contribution in [2.75, 3.05) is 5.32 Å². The molecule has 0 aliphatic carbocycles. The molecule has 3 aromatic carbocycles. The van der Waals surface area contributed by atoms with Crippen molar-refractivity contribution in [2.24, 2.45) is 0 Å². The summed E-state index contributed by atoms with van der Waals surface area (Å²) in [4.78, 5) is 21.1.